The Bertz CT molecular complexity index is 1210. The molecule has 5 rings (SSSR count). The second-order valence-electron chi connectivity index (χ2n) is 11.4. The van der Waals surface area contributed by atoms with Crippen LogP contribution in [0.15, 0.2) is 36.5 Å². The largest absolute Gasteiger partial charge is 0.385 e. The molecule has 2 aliphatic carbocycles. The van der Waals surface area contributed by atoms with Crippen molar-refractivity contribution >= 4 is 22.8 Å². The summed E-state index contributed by atoms with van der Waals surface area (Å²) in [4.78, 5) is 28.1. The zero-order valence-electron chi connectivity index (χ0n) is 21.6. The van der Waals surface area contributed by atoms with Crippen molar-refractivity contribution in [2.75, 3.05) is 32.5 Å². The summed E-state index contributed by atoms with van der Waals surface area (Å²) >= 11 is 0. The van der Waals surface area contributed by atoms with E-state index < -0.39 is 0 Å². The van der Waals surface area contributed by atoms with Gasteiger partial charge in [0.25, 0.3) is 5.91 Å². The molecule has 2 fully saturated rings. The minimum atomic E-state index is -0.0422. The van der Waals surface area contributed by atoms with Gasteiger partial charge < -0.3 is 20.5 Å². The van der Waals surface area contributed by atoms with Gasteiger partial charge in [-0.1, -0.05) is 20.8 Å². The molecular formula is C28H38N6O. The number of pyridine rings is 1. The van der Waals surface area contributed by atoms with E-state index in [4.69, 9.17) is 0 Å². The molecule has 0 aliphatic heterocycles. The predicted octanol–water partition coefficient (Wildman–Crippen LogP) is 4.93. The third-order valence-corrected chi connectivity index (χ3v) is 9.01. The number of rotatable bonds is 8. The van der Waals surface area contributed by atoms with Crippen molar-refractivity contribution in [3.8, 4) is 11.4 Å². The lowest BCUT2D eigenvalue weighted by atomic mass is 9.69. The Balaban J connectivity index is 1.31. The highest BCUT2D eigenvalue weighted by atomic mass is 16.1. The van der Waals surface area contributed by atoms with Gasteiger partial charge >= 0.3 is 0 Å². The Morgan fingerprint density at radius 3 is 2.60 bits per heavy atom. The van der Waals surface area contributed by atoms with Crippen molar-refractivity contribution in [1.29, 1.82) is 0 Å². The van der Waals surface area contributed by atoms with Crippen LogP contribution >= 0.6 is 0 Å². The fourth-order valence-electron chi connectivity index (χ4n) is 6.27. The number of nitrogens with zero attached hydrogens (tertiary/aromatic N) is 3. The van der Waals surface area contributed by atoms with E-state index >= 15 is 0 Å². The summed E-state index contributed by atoms with van der Waals surface area (Å²) in [7, 11) is 4.18. The maximum Gasteiger partial charge on any atom is 0.253 e. The fraction of sp³-hybridized carbons (Fsp3) is 0.536. The minimum Gasteiger partial charge on any atom is -0.385 e. The first-order chi connectivity index (χ1) is 16.7. The van der Waals surface area contributed by atoms with Gasteiger partial charge in [-0.3, -0.25) is 4.79 Å². The predicted molar refractivity (Wildman–Crippen MR) is 141 cm³/mol. The van der Waals surface area contributed by atoms with Gasteiger partial charge in [0, 0.05) is 30.0 Å². The van der Waals surface area contributed by atoms with E-state index in [1.54, 1.807) is 12.3 Å². The van der Waals surface area contributed by atoms with Gasteiger partial charge in [0.15, 0.2) is 5.65 Å². The van der Waals surface area contributed by atoms with Crippen LogP contribution in [0.2, 0.25) is 0 Å². The monoisotopic (exact) mass is 474 g/mol. The first-order valence-electron chi connectivity index (χ1n) is 12.8. The molecule has 3 N–H and O–H groups in total. The number of hydrogen-bond acceptors (Lipinski definition) is 5. The van der Waals surface area contributed by atoms with E-state index in [1.165, 1.54) is 12.8 Å². The lowest BCUT2D eigenvalue weighted by molar-refractivity contribution is 0.0827. The van der Waals surface area contributed by atoms with E-state index in [1.807, 2.05) is 12.1 Å². The van der Waals surface area contributed by atoms with Crippen LogP contribution in [0.4, 0.5) is 5.69 Å². The van der Waals surface area contributed by atoms with Gasteiger partial charge in [0.1, 0.15) is 5.82 Å². The highest BCUT2D eigenvalue weighted by molar-refractivity contribution is 6.04. The molecule has 35 heavy (non-hydrogen) atoms. The van der Waals surface area contributed by atoms with Crippen LogP contribution in [-0.2, 0) is 0 Å². The molecule has 186 valence electrons. The first kappa shape index (κ1) is 23.8. The van der Waals surface area contributed by atoms with Crippen molar-refractivity contribution in [2.24, 2.45) is 16.7 Å². The summed E-state index contributed by atoms with van der Waals surface area (Å²) in [6, 6.07) is 10.2. The molecule has 3 aromatic rings. The van der Waals surface area contributed by atoms with E-state index in [-0.39, 0.29) is 22.8 Å². The van der Waals surface area contributed by atoms with Crippen LogP contribution in [0.1, 0.15) is 56.8 Å². The molecule has 3 atom stereocenters. The summed E-state index contributed by atoms with van der Waals surface area (Å²) in [5.41, 5.74) is 4.32. The van der Waals surface area contributed by atoms with Crippen LogP contribution in [0, 0.1) is 16.7 Å². The number of hydrogen-bond donors (Lipinski definition) is 3. The Hall–Kier alpha value is -2.93. The van der Waals surface area contributed by atoms with E-state index in [9.17, 15) is 4.79 Å². The SMILES string of the molecule is CN(C)CCCNc1ccc(-c2nc3nccc(C(=O)N[C@H]4C[C@H]5CC[C@]4(C)C5(C)C)c3[nH]2)cc1. The molecule has 0 saturated heterocycles. The average molecular weight is 475 g/mol. The zero-order chi connectivity index (χ0) is 24.8. The molecule has 2 aromatic heterocycles. The topological polar surface area (TPSA) is 85.9 Å². The summed E-state index contributed by atoms with van der Waals surface area (Å²) in [5.74, 6) is 1.36. The van der Waals surface area contributed by atoms with E-state index in [0.717, 1.165) is 43.0 Å². The number of carbonyl (C=O) groups excluding carboxylic acids is 1. The fourth-order valence-corrected chi connectivity index (χ4v) is 6.27. The van der Waals surface area contributed by atoms with Crippen LogP contribution in [0.3, 0.4) is 0 Å². The number of carbonyl (C=O) groups is 1. The molecule has 7 heteroatoms. The lowest BCUT2D eigenvalue weighted by Crippen LogP contribution is -2.46. The Morgan fingerprint density at radius 2 is 1.94 bits per heavy atom. The first-order valence-corrected chi connectivity index (χ1v) is 12.8. The van der Waals surface area contributed by atoms with Gasteiger partial charge in [-0.25, -0.2) is 9.97 Å². The average Bonchev–Trinajstić information content (AvgIpc) is 3.41. The van der Waals surface area contributed by atoms with Crippen LogP contribution in [0.25, 0.3) is 22.6 Å². The van der Waals surface area contributed by atoms with Gasteiger partial charge in [-0.05, 0) is 93.4 Å². The van der Waals surface area contributed by atoms with Crippen molar-refractivity contribution in [3.63, 3.8) is 0 Å². The quantitative estimate of drug-likeness (QED) is 0.403. The zero-order valence-corrected chi connectivity index (χ0v) is 21.6. The number of fused-ring (bicyclic) bond motifs is 3. The summed E-state index contributed by atoms with van der Waals surface area (Å²) in [5, 5.41) is 6.84. The van der Waals surface area contributed by atoms with Crippen LogP contribution < -0.4 is 10.6 Å². The molecule has 2 heterocycles. The Labute approximate surface area is 208 Å². The highest BCUT2D eigenvalue weighted by Crippen LogP contribution is 2.65. The van der Waals surface area contributed by atoms with Crippen molar-refractivity contribution in [3.05, 3.63) is 42.1 Å². The number of imidazole rings is 1. The Kier molecular flexibility index (Phi) is 6.08. The number of H-pyrrole nitrogens is 1. The molecule has 0 spiro atoms. The van der Waals surface area contributed by atoms with Gasteiger partial charge in [-0.15, -0.1) is 0 Å². The third-order valence-electron chi connectivity index (χ3n) is 9.01. The number of amides is 1. The smallest absolute Gasteiger partial charge is 0.253 e. The maximum atomic E-state index is 13.4. The lowest BCUT2D eigenvalue weighted by Gasteiger charge is -2.39. The third kappa shape index (κ3) is 4.20. The molecule has 7 nitrogen and oxygen atoms in total. The summed E-state index contributed by atoms with van der Waals surface area (Å²) in [6.07, 6.45) is 6.27. The number of aromatic nitrogens is 3. The van der Waals surface area contributed by atoms with Gasteiger partial charge in [0.2, 0.25) is 0 Å². The highest BCUT2D eigenvalue weighted by Gasteiger charge is 2.61. The normalized spacial score (nSPS) is 24.9. The standard InChI is InChI=1S/C28H38N6O/c1-27(2)19-11-13-28(27,3)22(17-19)31-26(35)21-12-15-30-25-23(21)32-24(33-25)18-7-9-20(10-8-18)29-14-6-16-34(4)5/h7-10,12,15,19,22,29H,6,11,13-14,16-17H2,1-5H3,(H,31,35)(H,30,32,33)/t19-,22+,28+/m1/s1. The molecule has 0 radical (unpaired) electrons. The van der Waals surface area contributed by atoms with Crippen LogP contribution in [-0.4, -0.2) is 59.0 Å². The second-order valence-corrected chi connectivity index (χ2v) is 11.4. The van der Waals surface area contributed by atoms with Gasteiger partial charge in [0.05, 0.1) is 11.1 Å². The number of anilines is 1. The molecule has 2 saturated carbocycles. The molecular weight excluding hydrogens is 436 g/mol. The van der Waals surface area contributed by atoms with E-state index in [2.05, 4.69) is 77.5 Å². The number of benzene rings is 1. The second kappa shape index (κ2) is 8.94. The van der Waals surface area contributed by atoms with Crippen molar-refractivity contribution in [2.45, 2.75) is 52.5 Å². The van der Waals surface area contributed by atoms with E-state index in [0.29, 0.717) is 22.6 Å². The van der Waals surface area contributed by atoms with Crippen LogP contribution in [0.5, 0.6) is 0 Å². The summed E-state index contributed by atoms with van der Waals surface area (Å²) in [6.45, 7) is 9.08. The molecule has 1 amide bonds. The van der Waals surface area contributed by atoms with Crippen molar-refractivity contribution in [1.82, 2.24) is 25.2 Å². The Morgan fingerprint density at radius 1 is 1.17 bits per heavy atom. The van der Waals surface area contributed by atoms with Crippen molar-refractivity contribution < 1.29 is 4.79 Å². The molecule has 2 bridgehead atoms. The number of aromatic amines is 1. The molecule has 2 aliphatic rings. The van der Waals surface area contributed by atoms with Gasteiger partial charge in [-0.2, -0.15) is 0 Å². The maximum absolute atomic E-state index is 13.4. The summed E-state index contributed by atoms with van der Waals surface area (Å²) < 4.78 is 0. The molecule has 0 unspecified atom stereocenters. The number of nitrogens with one attached hydrogen (secondary N) is 3. The molecule has 1 aromatic carbocycles. The minimum absolute atomic E-state index is 0.0422.